The number of hydrogen-bond donors (Lipinski definition) is 2. The molecule has 3 N–H and O–H groups in total. The van der Waals surface area contributed by atoms with E-state index < -0.39 is 0 Å². The zero-order valence-corrected chi connectivity index (χ0v) is 10.9. The standard InChI is InChI=1S/C13H25N3O/c1-11(16-7-2-3-8-16)9-15-12(17)13(10-14)5-4-6-13/h11H,2-10,14H2,1H3,(H,15,17). The Balaban J connectivity index is 1.75. The van der Waals surface area contributed by atoms with Gasteiger partial charge in [0.15, 0.2) is 0 Å². The number of nitrogens with two attached hydrogens (primary N) is 1. The van der Waals surface area contributed by atoms with Crippen LogP contribution in [-0.2, 0) is 4.79 Å². The van der Waals surface area contributed by atoms with Gasteiger partial charge in [-0.3, -0.25) is 9.69 Å². The number of rotatable bonds is 5. The summed E-state index contributed by atoms with van der Waals surface area (Å²) in [4.78, 5) is 14.5. The normalized spacial score (nSPS) is 25.3. The Kier molecular flexibility index (Phi) is 4.05. The molecule has 2 aliphatic rings. The van der Waals surface area contributed by atoms with Gasteiger partial charge < -0.3 is 11.1 Å². The molecule has 1 saturated carbocycles. The van der Waals surface area contributed by atoms with Crippen molar-refractivity contribution >= 4 is 5.91 Å². The molecule has 1 amide bonds. The van der Waals surface area contributed by atoms with Gasteiger partial charge in [-0.05, 0) is 45.7 Å². The van der Waals surface area contributed by atoms with Crippen LogP contribution in [0.3, 0.4) is 0 Å². The second-order valence-corrected chi connectivity index (χ2v) is 5.64. The van der Waals surface area contributed by atoms with Crippen LogP contribution in [0.4, 0.5) is 0 Å². The van der Waals surface area contributed by atoms with Gasteiger partial charge in [0, 0.05) is 19.1 Å². The maximum Gasteiger partial charge on any atom is 0.227 e. The van der Waals surface area contributed by atoms with Crippen LogP contribution < -0.4 is 11.1 Å². The van der Waals surface area contributed by atoms with Gasteiger partial charge in [-0.15, -0.1) is 0 Å². The van der Waals surface area contributed by atoms with E-state index in [0.717, 1.165) is 25.8 Å². The maximum atomic E-state index is 12.1. The van der Waals surface area contributed by atoms with E-state index >= 15 is 0 Å². The SMILES string of the molecule is CC(CNC(=O)C1(CN)CCC1)N1CCCC1. The van der Waals surface area contributed by atoms with Crippen molar-refractivity contribution < 1.29 is 4.79 Å². The van der Waals surface area contributed by atoms with E-state index in [9.17, 15) is 4.79 Å². The van der Waals surface area contributed by atoms with Gasteiger partial charge in [-0.25, -0.2) is 0 Å². The molecule has 1 heterocycles. The highest BCUT2D eigenvalue weighted by atomic mass is 16.2. The Bertz CT molecular complexity index is 264. The number of hydrogen-bond acceptors (Lipinski definition) is 3. The number of carbonyl (C=O) groups is 1. The van der Waals surface area contributed by atoms with Crippen molar-refractivity contribution in [3.8, 4) is 0 Å². The van der Waals surface area contributed by atoms with Crippen molar-refractivity contribution in [2.75, 3.05) is 26.2 Å². The van der Waals surface area contributed by atoms with Gasteiger partial charge in [0.25, 0.3) is 0 Å². The second kappa shape index (κ2) is 5.36. The lowest BCUT2D eigenvalue weighted by molar-refractivity contribution is -0.135. The van der Waals surface area contributed by atoms with E-state index in [0.29, 0.717) is 12.6 Å². The molecule has 1 aliphatic carbocycles. The summed E-state index contributed by atoms with van der Waals surface area (Å²) < 4.78 is 0. The fraction of sp³-hybridized carbons (Fsp3) is 0.923. The highest BCUT2D eigenvalue weighted by Crippen LogP contribution is 2.39. The number of nitrogens with one attached hydrogen (secondary N) is 1. The zero-order valence-electron chi connectivity index (χ0n) is 10.9. The average molecular weight is 239 g/mol. The summed E-state index contributed by atoms with van der Waals surface area (Å²) in [5.74, 6) is 0.178. The highest BCUT2D eigenvalue weighted by molar-refractivity contribution is 5.83. The van der Waals surface area contributed by atoms with Crippen LogP contribution in [0.2, 0.25) is 0 Å². The Morgan fingerprint density at radius 3 is 2.47 bits per heavy atom. The fourth-order valence-electron chi connectivity index (χ4n) is 2.87. The molecule has 4 heteroatoms. The molecule has 98 valence electrons. The summed E-state index contributed by atoms with van der Waals surface area (Å²) in [6, 6.07) is 0.455. The Morgan fingerprint density at radius 2 is 2.00 bits per heavy atom. The lowest BCUT2D eigenvalue weighted by Gasteiger charge is -2.39. The minimum absolute atomic E-state index is 0.178. The quantitative estimate of drug-likeness (QED) is 0.743. The molecule has 1 atom stereocenters. The molecule has 4 nitrogen and oxygen atoms in total. The molecule has 0 bridgehead atoms. The van der Waals surface area contributed by atoms with Crippen LogP contribution in [0.1, 0.15) is 39.0 Å². The van der Waals surface area contributed by atoms with Gasteiger partial charge in [0.2, 0.25) is 5.91 Å². The van der Waals surface area contributed by atoms with E-state index in [4.69, 9.17) is 5.73 Å². The summed E-state index contributed by atoms with van der Waals surface area (Å²) in [6.07, 6.45) is 5.67. The molecule has 0 spiro atoms. The summed E-state index contributed by atoms with van der Waals surface area (Å²) in [7, 11) is 0. The van der Waals surface area contributed by atoms with Crippen molar-refractivity contribution in [3.63, 3.8) is 0 Å². The number of nitrogens with zero attached hydrogens (tertiary/aromatic N) is 1. The predicted molar refractivity (Wildman–Crippen MR) is 68.6 cm³/mol. The first-order valence-corrected chi connectivity index (χ1v) is 6.90. The number of likely N-dealkylation sites (tertiary alicyclic amines) is 1. The summed E-state index contributed by atoms with van der Waals surface area (Å²) in [6.45, 7) is 5.82. The highest BCUT2D eigenvalue weighted by Gasteiger charge is 2.42. The molecule has 1 aliphatic heterocycles. The van der Waals surface area contributed by atoms with E-state index in [1.165, 1.54) is 25.9 Å². The van der Waals surface area contributed by atoms with Crippen LogP contribution in [0.5, 0.6) is 0 Å². The molecule has 1 unspecified atom stereocenters. The molecular formula is C13H25N3O. The van der Waals surface area contributed by atoms with Crippen molar-refractivity contribution in [3.05, 3.63) is 0 Å². The van der Waals surface area contributed by atoms with Crippen molar-refractivity contribution in [1.82, 2.24) is 10.2 Å². The van der Waals surface area contributed by atoms with E-state index in [1.807, 2.05) is 0 Å². The van der Waals surface area contributed by atoms with E-state index in [1.54, 1.807) is 0 Å². The molecule has 0 aromatic rings. The number of amides is 1. The molecule has 0 aromatic carbocycles. The minimum Gasteiger partial charge on any atom is -0.354 e. The smallest absolute Gasteiger partial charge is 0.227 e. The average Bonchev–Trinajstić information content (AvgIpc) is 2.78. The largest absolute Gasteiger partial charge is 0.354 e. The van der Waals surface area contributed by atoms with Crippen molar-refractivity contribution in [2.45, 2.75) is 45.1 Å². The van der Waals surface area contributed by atoms with Gasteiger partial charge in [-0.2, -0.15) is 0 Å². The molecule has 0 radical (unpaired) electrons. The molecule has 2 fully saturated rings. The van der Waals surface area contributed by atoms with Crippen LogP contribution in [0.15, 0.2) is 0 Å². The summed E-state index contributed by atoms with van der Waals surface area (Å²) in [5.41, 5.74) is 5.50. The second-order valence-electron chi connectivity index (χ2n) is 5.64. The van der Waals surface area contributed by atoms with Gasteiger partial charge in [0.05, 0.1) is 5.41 Å². The molecule has 2 rings (SSSR count). The van der Waals surface area contributed by atoms with Crippen LogP contribution >= 0.6 is 0 Å². The molecule has 1 saturated heterocycles. The van der Waals surface area contributed by atoms with Crippen LogP contribution in [0, 0.1) is 5.41 Å². The zero-order chi connectivity index (χ0) is 12.3. The molecule has 17 heavy (non-hydrogen) atoms. The summed E-state index contributed by atoms with van der Waals surface area (Å²) >= 11 is 0. The Labute approximate surface area is 104 Å². The van der Waals surface area contributed by atoms with E-state index in [-0.39, 0.29) is 11.3 Å². The predicted octanol–water partition coefficient (Wildman–Crippen LogP) is 0.716. The molecular weight excluding hydrogens is 214 g/mol. The lowest BCUT2D eigenvalue weighted by atomic mass is 9.68. The van der Waals surface area contributed by atoms with Crippen molar-refractivity contribution in [2.24, 2.45) is 11.1 Å². The first kappa shape index (κ1) is 12.8. The van der Waals surface area contributed by atoms with Crippen molar-refractivity contribution in [1.29, 1.82) is 0 Å². The van der Waals surface area contributed by atoms with Gasteiger partial charge >= 0.3 is 0 Å². The molecule has 0 aromatic heterocycles. The first-order chi connectivity index (χ1) is 8.18. The fourth-order valence-corrected chi connectivity index (χ4v) is 2.87. The number of carbonyl (C=O) groups excluding carboxylic acids is 1. The van der Waals surface area contributed by atoms with Crippen LogP contribution in [0.25, 0.3) is 0 Å². The minimum atomic E-state index is -0.231. The van der Waals surface area contributed by atoms with E-state index in [2.05, 4.69) is 17.1 Å². The third-order valence-corrected chi connectivity index (χ3v) is 4.51. The van der Waals surface area contributed by atoms with Gasteiger partial charge in [0.1, 0.15) is 0 Å². The Hall–Kier alpha value is -0.610. The maximum absolute atomic E-state index is 12.1. The summed E-state index contributed by atoms with van der Waals surface area (Å²) in [5, 5.41) is 3.09. The monoisotopic (exact) mass is 239 g/mol. The lowest BCUT2D eigenvalue weighted by Crippen LogP contribution is -2.52. The third kappa shape index (κ3) is 2.63. The third-order valence-electron chi connectivity index (χ3n) is 4.51. The Morgan fingerprint density at radius 1 is 1.35 bits per heavy atom. The first-order valence-electron chi connectivity index (χ1n) is 6.90. The topological polar surface area (TPSA) is 58.4 Å². The van der Waals surface area contributed by atoms with Gasteiger partial charge in [-0.1, -0.05) is 6.42 Å². The van der Waals surface area contributed by atoms with Crippen LogP contribution in [-0.4, -0.2) is 43.0 Å².